The zero-order valence-corrected chi connectivity index (χ0v) is 14.0. The van der Waals surface area contributed by atoms with Crippen molar-refractivity contribution in [3.05, 3.63) is 35.7 Å². The van der Waals surface area contributed by atoms with E-state index >= 15 is 0 Å². The van der Waals surface area contributed by atoms with Crippen LogP contribution >= 0.6 is 0 Å². The predicted octanol–water partition coefficient (Wildman–Crippen LogP) is 5.60. The second kappa shape index (κ2) is 9.54. The first kappa shape index (κ1) is 17.7. The monoisotopic (exact) mass is 284 g/mol. The maximum absolute atomic E-state index is 4.50. The Hall–Kier alpha value is -1.38. The molecular weight excluding hydrogens is 255 g/mol. The van der Waals surface area contributed by atoms with Crippen molar-refractivity contribution >= 4 is 7.85 Å². The number of aromatic amines is 2. The summed E-state index contributed by atoms with van der Waals surface area (Å²) < 4.78 is 0. The second-order valence-corrected chi connectivity index (χ2v) is 5.51. The Bertz CT molecular complexity index is 499. The van der Waals surface area contributed by atoms with E-state index in [1.54, 1.807) is 0 Å². The van der Waals surface area contributed by atoms with Crippen LogP contribution in [0.15, 0.2) is 24.3 Å². The lowest BCUT2D eigenvalue weighted by molar-refractivity contribution is 0.532. The Labute approximate surface area is 131 Å². The predicted molar refractivity (Wildman–Crippen MR) is 94.1 cm³/mol. The second-order valence-electron chi connectivity index (χ2n) is 5.51. The summed E-state index contributed by atoms with van der Waals surface area (Å²) in [4.78, 5) is 6.99. The van der Waals surface area contributed by atoms with Gasteiger partial charge in [-0.15, -0.1) is 0 Å². The van der Waals surface area contributed by atoms with E-state index in [1.807, 2.05) is 0 Å². The minimum absolute atomic E-state index is 0.690. The van der Waals surface area contributed by atoms with Gasteiger partial charge in [0.05, 0.1) is 19.2 Å². The molecule has 2 aromatic heterocycles. The topological polar surface area (TPSA) is 31.6 Å². The van der Waals surface area contributed by atoms with Crippen LogP contribution in [0.5, 0.6) is 0 Å². The lowest BCUT2D eigenvalue weighted by atomic mass is 9.94. The van der Waals surface area contributed by atoms with E-state index < -0.39 is 0 Å². The fourth-order valence-corrected chi connectivity index (χ4v) is 2.72. The van der Waals surface area contributed by atoms with Gasteiger partial charge in [0.25, 0.3) is 0 Å². The average molecular weight is 284 g/mol. The first-order valence-corrected chi connectivity index (χ1v) is 8.17. The molecule has 2 N–H and O–H groups in total. The van der Waals surface area contributed by atoms with Gasteiger partial charge in [0.2, 0.25) is 0 Å². The Morgan fingerprint density at radius 3 is 2.14 bits per heavy atom. The van der Waals surface area contributed by atoms with Gasteiger partial charge in [0, 0.05) is 11.4 Å². The molecule has 1 unspecified atom stereocenters. The third kappa shape index (κ3) is 5.15. The molecule has 0 bridgehead atoms. The summed E-state index contributed by atoms with van der Waals surface area (Å²) in [6, 6.07) is 8.74. The molecule has 1 atom stereocenters. The van der Waals surface area contributed by atoms with E-state index in [1.165, 1.54) is 61.7 Å². The fourth-order valence-electron chi connectivity index (χ4n) is 2.72. The van der Waals surface area contributed by atoms with E-state index in [-0.39, 0.29) is 0 Å². The van der Waals surface area contributed by atoms with Gasteiger partial charge in [0.15, 0.2) is 0 Å². The van der Waals surface area contributed by atoms with E-state index in [4.69, 9.17) is 0 Å². The number of aryl methyl sites for hydroxylation is 1. The van der Waals surface area contributed by atoms with Crippen LogP contribution < -0.4 is 0 Å². The van der Waals surface area contributed by atoms with Crippen LogP contribution in [0, 0.1) is 6.92 Å². The molecule has 0 spiro atoms. The zero-order valence-electron chi connectivity index (χ0n) is 14.0. The van der Waals surface area contributed by atoms with Crippen molar-refractivity contribution in [1.29, 1.82) is 0 Å². The van der Waals surface area contributed by atoms with Crippen LogP contribution in [-0.2, 0) is 0 Å². The average Bonchev–Trinajstić information content (AvgIpc) is 3.14. The van der Waals surface area contributed by atoms with E-state index in [0.717, 1.165) is 0 Å². The SMILES string of the molecule is CCCCC(CCC)c1ccc(-c2ccc(C)[nH]2)[nH]1.[B]C. The largest absolute Gasteiger partial charge is 0.357 e. The summed E-state index contributed by atoms with van der Waals surface area (Å²) in [5.41, 5.74) is 5.01. The molecule has 0 aromatic carbocycles. The van der Waals surface area contributed by atoms with Crippen molar-refractivity contribution < 1.29 is 0 Å². The van der Waals surface area contributed by atoms with Gasteiger partial charge in [-0.1, -0.05) is 39.9 Å². The quantitative estimate of drug-likeness (QED) is 0.621. The van der Waals surface area contributed by atoms with Gasteiger partial charge >= 0.3 is 0 Å². The number of nitrogens with one attached hydrogen (secondary N) is 2. The van der Waals surface area contributed by atoms with Crippen molar-refractivity contribution in [1.82, 2.24) is 9.97 Å². The molecule has 0 saturated carbocycles. The van der Waals surface area contributed by atoms with E-state index in [9.17, 15) is 0 Å². The number of hydrogen-bond acceptors (Lipinski definition) is 0. The van der Waals surface area contributed by atoms with Gasteiger partial charge < -0.3 is 9.97 Å². The van der Waals surface area contributed by atoms with Crippen LogP contribution in [0.3, 0.4) is 0 Å². The summed E-state index contributed by atoms with van der Waals surface area (Å²) in [5.74, 6) is 0.690. The van der Waals surface area contributed by atoms with Crippen molar-refractivity contribution in [3.8, 4) is 11.4 Å². The van der Waals surface area contributed by atoms with Crippen LogP contribution in [0.4, 0.5) is 0 Å². The molecule has 2 nitrogen and oxygen atoms in total. The normalized spacial score (nSPS) is 11.8. The number of hydrogen-bond donors (Lipinski definition) is 2. The molecule has 0 fully saturated rings. The summed E-state index contributed by atoms with van der Waals surface area (Å²) in [6.07, 6.45) is 6.44. The van der Waals surface area contributed by atoms with E-state index in [2.05, 4.69) is 62.9 Å². The molecule has 21 heavy (non-hydrogen) atoms. The number of rotatable bonds is 7. The Balaban J connectivity index is 0.00000106. The number of unbranched alkanes of at least 4 members (excludes halogenated alkanes) is 1. The van der Waals surface area contributed by atoms with Crippen molar-refractivity contribution in [2.45, 2.75) is 65.6 Å². The highest BCUT2D eigenvalue weighted by atomic mass is 14.8. The molecule has 3 heteroatoms. The van der Waals surface area contributed by atoms with Crippen molar-refractivity contribution in [2.24, 2.45) is 0 Å². The van der Waals surface area contributed by atoms with Crippen LogP contribution in [-0.4, -0.2) is 17.8 Å². The molecule has 114 valence electrons. The Morgan fingerprint density at radius 2 is 1.57 bits per heavy atom. The van der Waals surface area contributed by atoms with Crippen LogP contribution in [0.2, 0.25) is 6.82 Å². The Morgan fingerprint density at radius 1 is 0.905 bits per heavy atom. The maximum atomic E-state index is 4.50. The summed E-state index contributed by atoms with van der Waals surface area (Å²) >= 11 is 0. The Kier molecular flexibility index (Phi) is 8.03. The molecule has 2 rings (SSSR count). The van der Waals surface area contributed by atoms with Crippen molar-refractivity contribution in [2.75, 3.05) is 0 Å². The zero-order chi connectivity index (χ0) is 15.7. The lowest BCUT2D eigenvalue weighted by Crippen LogP contribution is -1.99. The van der Waals surface area contributed by atoms with Crippen LogP contribution in [0.1, 0.15) is 63.3 Å². The summed E-state index contributed by atoms with van der Waals surface area (Å²) in [6.45, 7) is 8.14. The standard InChI is InChI=1S/C17H26N2.CH3B/c1-4-6-8-14(7-5-2)15-11-12-17(19-15)16-10-9-13(3)18-16;1-2/h9-12,14,18-19H,4-8H2,1-3H3;1H3. The molecule has 0 aliphatic rings. The van der Waals surface area contributed by atoms with Gasteiger partial charge in [-0.25, -0.2) is 0 Å². The summed E-state index contributed by atoms with van der Waals surface area (Å²) in [5, 5.41) is 0. The first-order valence-electron chi connectivity index (χ1n) is 8.17. The fraction of sp³-hybridized carbons (Fsp3) is 0.556. The smallest absolute Gasteiger partial charge is 0.0621 e. The molecule has 0 saturated heterocycles. The minimum atomic E-state index is 0.690. The minimum Gasteiger partial charge on any atom is -0.357 e. The van der Waals surface area contributed by atoms with Gasteiger partial charge in [-0.05, 0) is 49.9 Å². The highest BCUT2D eigenvalue weighted by Crippen LogP contribution is 2.28. The van der Waals surface area contributed by atoms with Gasteiger partial charge in [-0.2, -0.15) is 0 Å². The summed E-state index contributed by atoms with van der Waals surface area (Å²) in [7, 11) is 4.50. The first-order chi connectivity index (χ1) is 10.2. The van der Waals surface area contributed by atoms with Gasteiger partial charge in [0.1, 0.15) is 0 Å². The third-order valence-corrected chi connectivity index (χ3v) is 3.81. The number of H-pyrrole nitrogens is 2. The lowest BCUT2D eigenvalue weighted by Gasteiger charge is -2.14. The molecule has 0 aliphatic carbocycles. The molecule has 2 aromatic rings. The molecule has 0 aliphatic heterocycles. The maximum Gasteiger partial charge on any atom is 0.0621 e. The van der Waals surface area contributed by atoms with E-state index in [0.29, 0.717) is 5.92 Å². The highest BCUT2D eigenvalue weighted by molar-refractivity contribution is 6.05. The van der Waals surface area contributed by atoms with Crippen molar-refractivity contribution in [3.63, 3.8) is 0 Å². The third-order valence-electron chi connectivity index (χ3n) is 3.81. The highest BCUT2D eigenvalue weighted by Gasteiger charge is 2.13. The molecule has 0 amide bonds. The molecule has 2 heterocycles. The van der Waals surface area contributed by atoms with Gasteiger partial charge in [-0.3, -0.25) is 0 Å². The molecular formula is C18H29BN2. The van der Waals surface area contributed by atoms with Crippen LogP contribution in [0.25, 0.3) is 11.4 Å². The number of aromatic nitrogens is 2. The molecule has 2 radical (unpaired) electrons.